The van der Waals surface area contributed by atoms with Crippen LogP contribution in [0.3, 0.4) is 0 Å². The smallest absolute Gasteiger partial charge is 0.276 e. The molecule has 0 bridgehead atoms. The van der Waals surface area contributed by atoms with Gasteiger partial charge in [0.25, 0.3) is 5.69 Å². The zero-order valence-corrected chi connectivity index (χ0v) is 9.98. The average Bonchev–Trinajstić information content (AvgIpc) is 3.15. The van der Waals surface area contributed by atoms with E-state index in [4.69, 9.17) is 5.84 Å². The summed E-state index contributed by atoms with van der Waals surface area (Å²) in [7, 11) is 0. The van der Waals surface area contributed by atoms with Crippen LogP contribution >= 0.6 is 0 Å². The van der Waals surface area contributed by atoms with E-state index in [0.29, 0.717) is 11.7 Å². The molecule has 19 heavy (non-hydrogen) atoms. The topological polar surface area (TPSA) is 112 Å². The predicted octanol–water partition coefficient (Wildman–Crippen LogP) is 1.34. The molecule has 1 saturated carbocycles. The van der Waals surface area contributed by atoms with Crippen molar-refractivity contribution in [1.29, 1.82) is 0 Å². The van der Waals surface area contributed by atoms with Gasteiger partial charge in [-0.1, -0.05) is 0 Å². The lowest BCUT2D eigenvalue weighted by Crippen LogP contribution is -2.11. The van der Waals surface area contributed by atoms with Gasteiger partial charge in [0, 0.05) is 12.1 Å². The van der Waals surface area contributed by atoms with Crippen LogP contribution in [0.2, 0.25) is 0 Å². The van der Waals surface area contributed by atoms with Crippen LogP contribution in [0.4, 0.5) is 11.5 Å². The minimum absolute atomic E-state index is 0.0820. The highest BCUT2D eigenvalue weighted by Gasteiger charge is 2.26. The van der Waals surface area contributed by atoms with E-state index in [2.05, 4.69) is 15.5 Å². The first kappa shape index (κ1) is 11.6. The summed E-state index contributed by atoms with van der Waals surface area (Å²) in [5.74, 6) is 6.38. The fourth-order valence-corrected chi connectivity index (χ4v) is 1.86. The number of hydrazine groups is 1. The number of nitrogens with two attached hydrogens (primary N) is 1. The molecule has 3 rings (SSSR count). The number of nitro groups is 1. The molecule has 2 heterocycles. The number of anilines is 1. The molecule has 0 atom stereocenters. The predicted molar refractivity (Wildman–Crippen MR) is 67.8 cm³/mol. The van der Waals surface area contributed by atoms with Crippen LogP contribution in [0, 0.1) is 10.1 Å². The molecule has 3 N–H and O–H groups in total. The maximum atomic E-state index is 10.9. The normalized spacial score (nSPS) is 14.4. The van der Waals surface area contributed by atoms with Crippen molar-refractivity contribution in [3.8, 4) is 5.82 Å². The second-order valence-corrected chi connectivity index (χ2v) is 4.43. The van der Waals surface area contributed by atoms with Crippen molar-refractivity contribution in [3.63, 3.8) is 0 Å². The van der Waals surface area contributed by atoms with Crippen LogP contribution in [0.15, 0.2) is 24.4 Å². The van der Waals surface area contributed by atoms with Crippen LogP contribution in [0.5, 0.6) is 0 Å². The molecular formula is C11H12N6O2. The monoisotopic (exact) mass is 260 g/mol. The molecular weight excluding hydrogens is 248 g/mol. The molecule has 2 aromatic rings. The summed E-state index contributed by atoms with van der Waals surface area (Å²) in [6.45, 7) is 0. The number of nitrogens with zero attached hydrogens (tertiary/aromatic N) is 4. The Balaban J connectivity index is 2.01. The largest absolute Gasteiger partial charge is 0.308 e. The Morgan fingerprint density at radius 1 is 1.47 bits per heavy atom. The van der Waals surface area contributed by atoms with Crippen molar-refractivity contribution >= 4 is 11.5 Å². The third kappa shape index (κ3) is 2.25. The molecule has 0 unspecified atom stereocenters. The van der Waals surface area contributed by atoms with E-state index in [1.54, 1.807) is 6.20 Å². The van der Waals surface area contributed by atoms with Crippen LogP contribution < -0.4 is 11.3 Å². The van der Waals surface area contributed by atoms with Crippen molar-refractivity contribution in [2.75, 3.05) is 5.43 Å². The van der Waals surface area contributed by atoms with Gasteiger partial charge in [0.15, 0.2) is 5.82 Å². The Bertz CT molecular complexity index is 634. The quantitative estimate of drug-likeness (QED) is 0.487. The molecule has 0 saturated heterocycles. The molecule has 1 aliphatic carbocycles. The summed E-state index contributed by atoms with van der Waals surface area (Å²) in [6, 6.07) is 4.55. The van der Waals surface area contributed by atoms with Crippen molar-refractivity contribution in [1.82, 2.24) is 14.8 Å². The standard InChI is InChI=1S/C11H12N6O2/c12-14-10-5-8(17(18)19)6-11(13-10)16-4-3-9(15-16)7-1-2-7/h3-7H,1-2,12H2,(H,13,14). The number of nitrogens with one attached hydrogen (secondary N) is 1. The van der Waals surface area contributed by atoms with Crippen molar-refractivity contribution in [2.24, 2.45) is 5.84 Å². The van der Waals surface area contributed by atoms with Crippen LogP contribution in [-0.2, 0) is 0 Å². The molecule has 0 aliphatic heterocycles. The zero-order chi connectivity index (χ0) is 13.4. The Kier molecular flexibility index (Phi) is 2.64. The minimum atomic E-state index is -0.489. The first-order valence-electron chi connectivity index (χ1n) is 5.86. The number of hydrogen-bond acceptors (Lipinski definition) is 6. The summed E-state index contributed by atoms with van der Waals surface area (Å²) in [6.07, 6.45) is 4.05. The highest BCUT2D eigenvalue weighted by molar-refractivity contribution is 5.49. The number of aromatic nitrogens is 3. The fourth-order valence-electron chi connectivity index (χ4n) is 1.86. The lowest BCUT2D eigenvalue weighted by molar-refractivity contribution is -0.384. The highest BCUT2D eigenvalue weighted by atomic mass is 16.6. The molecule has 0 radical (unpaired) electrons. The zero-order valence-electron chi connectivity index (χ0n) is 9.98. The second kappa shape index (κ2) is 4.32. The van der Waals surface area contributed by atoms with Gasteiger partial charge in [0.1, 0.15) is 5.82 Å². The van der Waals surface area contributed by atoms with Gasteiger partial charge in [0.2, 0.25) is 0 Å². The van der Waals surface area contributed by atoms with Gasteiger partial charge in [-0.15, -0.1) is 0 Å². The third-order valence-electron chi connectivity index (χ3n) is 3.00. The molecule has 8 nitrogen and oxygen atoms in total. The molecule has 0 amide bonds. The van der Waals surface area contributed by atoms with Gasteiger partial charge in [-0.05, 0) is 18.9 Å². The van der Waals surface area contributed by atoms with E-state index in [1.165, 1.54) is 16.8 Å². The van der Waals surface area contributed by atoms with Gasteiger partial charge < -0.3 is 5.43 Å². The molecule has 0 aromatic carbocycles. The first-order valence-corrected chi connectivity index (χ1v) is 5.86. The van der Waals surface area contributed by atoms with Crippen LogP contribution in [0.1, 0.15) is 24.5 Å². The van der Waals surface area contributed by atoms with Gasteiger partial charge in [0.05, 0.1) is 22.7 Å². The van der Waals surface area contributed by atoms with Gasteiger partial charge >= 0.3 is 0 Å². The Morgan fingerprint density at radius 2 is 2.26 bits per heavy atom. The maximum absolute atomic E-state index is 10.9. The van der Waals surface area contributed by atoms with E-state index < -0.39 is 4.92 Å². The van der Waals surface area contributed by atoms with Gasteiger partial charge in [-0.2, -0.15) is 5.10 Å². The van der Waals surface area contributed by atoms with E-state index in [9.17, 15) is 10.1 Å². The summed E-state index contributed by atoms with van der Waals surface area (Å²) < 4.78 is 1.53. The van der Waals surface area contributed by atoms with E-state index in [0.717, 1.165) is 18.5 Å². The molecule has 2 aromatic heterocycles. The number of hydrogen-bond donors (Lipinski definition) is 2. The first-order chi connectivity index (χ1) is 9.17. The number of nitrogen functional groups attached to an aromatic ring is 1. The van der Waals surface area contributed by atoms with Crippen molar-refractivity contribution < 1.29 is 4.92 Å². The molecule has 1 aliphatic rings. The fraction of sp³-hybridized carbons (Fsp3) is 0.273. The van der Waals surface area contributed by atoms with E-state index in [-0.39, 0.29) is 11.5 Å². The number of pyridine rings is 1. The summed E-state index contributed by atoms with van der Waals surface area (Å²) in [5.41, 5.74) is 3.23. The lowest BCUT2D eigenvalue weighted by atomic mass is 10.3. The van der Waals surface area contributed by atoms with E-state index in [1.807, 2.05) is 6.07 Å². The van der Waals surface area contributed by atoms with Gasteiger partial charge in [-0.3, -0.25) is 10.1 Å². The Morgan fingerprint density at radius 3 is 2.89 bits per heavy atom. The molecule has 98 valence electrons. The summed E-state index contributed by atoms with van der Waals surface area (Å²) in [4.78, 5) is 14.5. The summed E-state index contributed by atoms with van der Waals surface area (Å²) >= 11 is 0. The molecule has 1 fully saturated rings. The molecule has 0 spiro atoms. The Hall–Kier alpha value is -2.48. The van der Waals surface area contributed by atoms with Gasteiger partial charge in [-0.25, -0.2) is 15.5 Å². The van der Waals surface area contributed by atoms with Crippen molar-refractivity contribution in [3.05, 3.63) is 40.2 Å². The third-order valence-corrected chi connectivity index (χ3v) is 3.00. The van der Waals surface area contributed by atoms with Crippen LogP contribution in [0.25, 0.3) is 5.82 Å². The number of rotatable bonds is 4. The van der Waals surface area contributed by atoms with E-state index >= 15 is 0 Å². The average molecular weight is 260 g/mol. The second-order valence-electron chi connectivity index (χ2n) is 4.43. The summed E-state index contributed by atoms with van der Waals surface area (Å²) in [5, 5.41) is 15.2. The minimum Gasteiger partial charge on any atom is -0.308 e. The Labute approximate surface area is 108 Å². The SMILES string of the molecule is NNc1cc([N+](=O)[O-])cc(-n2ccc(C3CC3)n2)n1. The highest BCUT2D eigenvalue weighted by Crippen LogP contribution is 2.39. The van der Waals surface area contributed by atoms with Crippen molar-refractivity contribution in [2.45, 2.75) is 18.8 Å². The van der Waals surface area contributed by atoms with Crippen LogP contribution in [-0.4, -0.2) is 19.7 Å². The molecule has 8 heteroatoms. The maximum Gasteiger partial charge on any atom is 0.276 e. The lowest BCUT2D eigenvalue weighted by Gasteiger charge is -2.04.